The van der Waals surface area contributed by atoms with Gasteiger partial charge in [0.2, 0.25) is 0 Å². The van der Waals surface area contributed by atoms with E-state index in [1.165, 1.54) is 6.07 Å². The lowest BCUT2D eigenvalue weighted by atomic mass is 10.1. The number of hydrogen-bond donors (Lipinski definition) is 2. The molecule has 0 amide bonds. The van der Waals surface area contributed by atoms with Crippen LogP contribution in [-0.2, 0) is 17.8 Å². The summed E-state index contributed by atoms with van der Waals surface area (Å²) >= 11 is 1.74. The third-order valence-electron chi connectivity index (χ3n) is 1.93. The molecule has 0 bridgehead atoms. The number of aromatic nitrogens is 1. The highest BCUT2D eigenvalue weighted by Gasteiger charge is 2.17. The Labute approximate surface area is 104 Å². The predicted molar refractivity (Wildman–Crippen MR) is 61.1 cm³/mol. The van der Waals surface area contributed by atoms with E-state index in [-0.39, 0.29) is 27.9 Å². The average molecular weight is 342 g/mol. The molecule has 1 aromatic rings. The van der Waals surface area contributed by atoms with Crippen LogP contribution in [0.1, 0.15) is 23.2 Å². The number of alkyl halides is 2. The standard InChI is InChI=1S/C9H9F2IN2O2/c10-8(11)7-5(3-13)1-4(2-6(15)16)9(12)14-7/h1,8H,2-3,13H2,(H,15,16). The summed E-state index contributed by atoms with van der Waals surface area (Å²) in [4.78, 5) is 14.2. The van der Waals surface area contributed by atoms with Crippen LogP contribution in [0.5, 0.6) is 0 Å². The molecule has 4 nitrogen and oxygen atoms in total. The van der Waals surface area contributed by atoms with E-state index < -0.39 is 12.4 Å². The van der Waals surface area contributed by atoms with E-state index in [0.717, 1.165) is 0 Å². The molecule has 0 atom stereocenters. The van der Waals surface area contributed by atoms with Gasteiger partial charge in [-0.1, -0.05) is 0 Å². The number of carbonyl (C=O) groups is 1. The van der Waals surface area contributed by atoms with E-state index in [0.29, 0.717) is 5.56 Å². The van der Waals surface area contributed by atoms with Crippen molar-refractivity contribution in [3.63, 3.8) is 0 Å². The summed E-state index contributed by atoms with van der Waals surface area (Å²) in [6.07, 6.45) is -2.95. The molecule has 1 rings (SSSR count). The Kier molecular flexibility index (Phi) is 4.54. The molecule has 0 unspecified atom stereocenters. The van der Waals surface area contributed by atoms with Crippen molar-refractivity contribution < 1.29 is 18.7 Å². The van der Waals surface area contributed by atoms with Crippen LogP contribution in [0.3, 0.4) is 0 Å². The van der Waals surface area contributed by atoms with Crippen molar-refractivity contribution >= 4 is 28.6 Å². The first-order chi connectivity index (χ1) is 7.45. The Morgan fingerprint density at radius 1 is 1.56 bits per heavy atom. The number of hydrogen-bond acceptors (Lipinski definition) is 3. The summed E-state index contributed by atoms with van der Waals surface area (Å²) in [6, 6.07) is 1.38. The molecule has 0 aliphatic heterocycles. The molecule has 0 radical (unpaired) electrons. The number of carboxylic acid groups (broad SMARTS) is 1. The number of aliphatic carboxylic acids is 1. The summed E-state index contributed by atoms with van der Waals surface area (Å²) in [5.74, 6) is -1.03. The number of pyridine rings is 1. The molecule has 0 saturated heterocycles. The van der Waals surface area contributed by atoms with Crippen LogP contribution in [-0.4, -0.2) is 16.1 Å². The second-order valence-corrected chi connectivity index (χ2v) is 4.08. The van der Waals surface area contributed by atoms with Crippen molar-refractivity contribution in [3.8, 4) is 0 Å². The molecule has 16 heavy (non-hydrogen) atoms. The molecule has 88 valence electrons. The van der Waals surface area contributed by atoms with Crippen molar-refractivity contribution in [2.45, 2.75) is 19.4 Å². The van der Waals surface area contributed by atoms with Crippen molar-refractivity contribution in [3.05, 3.63) is 26.6 Å². The van der Waals surface area contributed by atoms with E-state index in [9.17, 15) is 13.6 Å². The average Bonchev–Trinajstić information content (AvgIpc) is 2.19. The number of carboxylic acids is 1. The molecule has 3 N–H and O–H groups in total. The lowest BCUT2D eigenvalue weighted by Gasteiger charge is -2.09. The van der Waals surface area contributed by atoms with E-state index in [1.54, 1.807) is 22.6 Å². The fraction of sp³-hybridized carbons (Fsp3) is 0.333. The maximum Gasteiger partial charge on any atom is 0.307 e. The van der Waals surface area contributed by atoms with Crippen LogP contribution in [0.4, 0.5) is 8.78 Å². The van der Waals surface area contributed by atoms with Crippen molar-refractivity contribution in [2.75, 3.05) is 0 Å². The molecule has 0 aliphatic rings. The van der Waals surface area contributed by atoms with Crippen LogP contribution in [0, 0.1) is 3.70 Å². The Morgan fingerprint density at radius 3 is 2.62 bits per heavy atom. The maximum absolute atomic E-state index is 12.6. The second-order valence-electron chi connectivity index (χ2n) is 3.06. The lowest BCUT2D eigenvalue weighted by molar-refractivity contribution is -0.136. The zero-order valence-corrected chi connectivity index (χ0v) is 10.2. The van der Waals surface area contributed by atoms with Gasteiger partial charge < -0.3 is 10.8 Å². The highest BCUT2D eigenvalue weighted by atomic mass is 127. The molecule has 1 heterocycles. The van der Waals surface area contributed by atoms with Gasteiger partial charge in [0.05, 0.1) is 6.42 Å². The zero-order valence-electron chi connectivity index (χ0n) is 8.08. The monoisotopic (exact) mass is 342 g/mol. The van der Waals surface area contributed by atoms with Gasteiger partial charge in [-0.05, 0) is 39.8 Å². The molecule has 0 aromatic carbocycles. The molecule has 0 fully saturated rings. The van der Waals surface area contributed by atoms with E-state index in [2.05, 4.69) is 4.98 Å². The zero-order chi connectivity index (χ0) is 12.3. The quantitative estimate of drug-likeness (QED) is 0.645. The third-order valence-corrected chi connectivity index (χ3v) is 2.86. The van der Waals surface area contributed by atoms with Crippen molar-refractivity contribution in [1.29, 1.82) is 0 Å². The topological polar surface area (TPSA) is 76.2 Å². The number of nitrogens with two attached hydrogens (primary N) is 1. The normalized spacial score (nSPS) is 10.8. The van der Waals surface area contributed by atoms with Gasteiger partial charge in [-0.25, -0.2) is 13.8 Å². The van der Waals surface area contributed by atoms with Crippen LogP contribution in [0.25, 0.3) is 0 Å². The fourth-order valence-corrected chi connectivity index (χ4v) is 1.84. The summed E-state index contributed by atoms with van der Waals surface area (Å²) in [6.45, 7) is -0.0871. The van der Waals surface area contributed by atoms with Crippen LogP contribution in [0.2, 0.25) is 0 Å². The highest BCUT2D eigenvalue weighted by Crippen LogP contribution is 2.24. The molecule has 0 aliphatic carbocycles. The number of rotatable bonds is 4. The van der Waals surface area contributed by atoms with Gasteiger partial charge in [-0.2, -0.15) is 0 Å². The minimum atomic E-state index is -2.70. The molecule has 7 heteroatoms. The predicted octanol–water partition coefficient (Wildman–Crippen LogP) is 1.71. The van der Waals surface area contributed by atoms with E-state index in [1.807, 2.05) is 0 Å². The van der Waals surface area contributed by atoms with E-state index in [4.69, 9.17) is 10.8 Å². The van der Waals surface area contributed by atoms with Gasteiger partial charge in [-0.15, -0.1) is 0 Å². The first kappa shape index (κ1) is 13.2. The fourth-order valence-electron chi connectivity index (χ4n) is 1.23. The van der Waals surface area contributed by atoms with Gasteiger partial charge in [0.1, 0.15) is 9.39 Å². The van der Waals surface area contributed by atoms with Gasteiger partial charge in [0.15, 0.2) is 0 Å². The molecular formula is C9H9F2IN2O2. The first-order valence-corrected chi connectivity index (χ1v) is 5.41. The Hall–Kier alpha value is -0.830. The van der Waals surface area contributed by atoms with Crippen LogP contribution < -0.4 is 5.73 Å². The molecular weight excluding hydrogens is 333 g/mol. The third kappa shape index (κ3) is 3.08. The Bertz CT molecular complexity index is 413. The van der Waals surface area contributed by atoms with Gasteiger partial charge in [-0.3, -0.25) is 4.79 Å². The summed E-state index contributed by atoms with van der Waals surface area (Å²) in [5.41, 5.74) is 5.53. The lowest BCUT2D eigenvalue weighted by Crippen LogP contribution is -2.10. The maximum atomic E-state index is 12.6. The molecule has 0 spiro atoms. The van der Waals surface area contributed by atoms with E-state index >= 15 is 0 Å². The van der Waals surface area contributed by atoms with Gasteiger partial charge in [0, 0.05) is 6.54 Å². The van der Waals surface area contributed by atoms with Crippen molar-refractivity contribution in [2.24, 2.45) is 5.73 Å². The summed E-state index contributed by atoms with van der Waals surface area (Å²) in [5, 5.41) is 8.62. The second kappa shape index (κ2) is 5.48. The van der Waals surface area contributed by atoms with Gasteiger partial charge in [0.25, 0.3) is 6.43 Å². The summed E-state index contributed by atoms with van der Waals surface area (Å²) < 4.78 is 25.4. The smallest absolute Gasteiger partial charge is 0.307 e. The first-order valence-electron chi connectivity index (χ1n) is 4.34. The molecule has 0 saturated carbocycles. The SMILES string of the molecule is NCc1cc(CC(=O)O)c(I)nc1C(F)F. The number of halogens is 3. The largest absolute Gasteiger partial charge is 0.481 e. The minimum Gasteiger partial charge on any atom is -0.481 e. The van der Waals surface area contributed by atoms with Crippen LogP contribution in [0.15, 0.2) is 6.07 Å². The van der Waals surface area contributed by atoms with Crippen LogP contribution >= 0.6 is 22.6 Å². The number of nitrogens with zero attached hydrogens (tertiary/aromatic N) is 1. The summed E-state index contributed by atoms with van der Waals surface area (Å²) in [7, 11) is 0. The Balaban J connectivity index is 3.20. The van der Waals surface area contributed by atoms with Gasteiger partial charge >= 0.3 is 5.97 Å². The minimum absolute atomic E-state index is 0.0871. The molecule has 1 aromatic heterocycles. The Morgan fingerprint density at radius 2 is 2.19 bits per heavy atom. The highest BCUT2D eigenvalue weighted by molar-refractivity contribution is 14.1. The van der Waals surface area contributed by atoms with Crippen molar-refractivity contribution in [1.82, 2.24) is 4.98 Å².